The quantitative estimate of drug-likeness (QED) is 0.387. The maximum Gasteiger partial charge on any atom is 0.200 e. The zero-order valence-corrected chi connectivity index (χ0v) is 16.8. The third-order valence-corrected chi connectivity index (χ3v) is 5.11. The predicted molar refractivity (Wildman–Crippen MR) is 110 cm³/mol. The van der Waals surface area contributed by atoms with E-state index in [4.69, 9.17) is 9.47 Å². The molecule has 0 unspecified atom stereocenters. The van der Waals surface area contributed by atoms with Gasteiger partial charge >= 0.3 is 0 Å². The first-order valence-electron chi connectivity index (χ1n) is 9.82. The summed E-state index contributed by atoms with van der Waals surface area (Å²) in [6.45, 7) is 6.03. The molecule has 28 heavy (non-hydrogen) atoms. The third-order valence-electron chi connectivity index (χ3n) is 5.11. The molecule has 0 bridgehead atoms. The standard InChI is InChI=1S/C24H28O4/c1-17-14-19(27-13-9-5-8-12-18-10-6-4-7-11-18)15-21-22(17)23(26)20(16-25)24(2,3)28-21/h4,6-7,10-11,14-16,25H,5,8-9,12-13H2,1-3H3. The number of fused-ring (bicyclic) bond motifs is 1. The lowest BCUT2D eigenvalue weighted by molar-refractivity contribution is 0.0841. The van der Waals surface area contributed by atoms with Gasteiger partial charge in [-0.3, -0.25) is 4.79 Å². The van der Waals surface area contributed by atoms with Crippen LogP contribution in [0.25, 0.3) is 0 Å². The molecule has 1 aliphatic heterocycles. The lowest BCUT2D eigenvalue weighted by Crippen LogP contribution is -2.39. The van der Waals surface area contributed by atoms with Crippen molar-refractivity contribution in [1.29, 1.82) is 0 Å². The lowest BCUT2D eigenvalue weighted by Gasteiger charge is -2.34. The summed E-state index contributed by atoms with van der Waals surface area (Å²) in [5, 5.41) is 9.44. The fourth-order valence-electron chi connectivity index (χ4n) is 3.57. The first kappa shape index (κ1) is 20.0. The monoisotopic (exact) mass is 380 g/mol. The van der Waals surface area contributed by atoms with Crippen molar-refractivity contribution in [3.63, 3.8) is 0 Å². The van der Waals surface area contributed by atoms with Gasteiger partial charge in [-0.1, -0.05) is 30.3 Å². The van der Waals surface area contributed by atoms with Crippen LogP contribution in [0, 0.1) is 6.92 Å². The minimum absolute atomic E-state index is 0.196. The van der Waals surface area contributed by atoms with Gasteiger partial charge < -0.3 is 14.6 Å². The Bertz CT molecular complexity index is 866. The molecular formula is C24H28O4. The summed E-state index contributed by atoms with van der Waals surface area (Å²) < 4.78 is 11.9. The molecule has 0 fully saturated rings. The van der Waals surface area contributed by atoms with Gasteiger partial charge in [0, 0.05) is 6.07 Å². The van der Waals surface area contributed by atoms with E-state index in [0.29, 0.717) is 23.7 Å². The highest BCUT2D eigenvalue weighted by molar-refractivity contribution is 6.13. The minimum atomic E-state index is -0.874. The van der Waals surface area contributed by atoms with Crippen LogP contribution in [0.1, 0.15) is 54.6 Å². The number of aliphatic hydroxyl groups is 1. The third kappa shape index (κ3) is 4.38. The van der Waals surface area contributed by atoms with Crippen molar-refractivity contribution in [3.8, 4) is 11.5 Å². The van der Waals surface area contributed by atoms with Crippen molar-refractivity contribution in [3.05, 3.63) is 71.0 Å². The highest BCUT2D eigenvalue weighted by Gasteiger charge is 2.39. The van der Waals surface area contributed by atoms with Gasteiger partial charge in [0.15, 0.2) is 5.78 Å². The Morgan fingerprint density at radius 1 is 1.11 bits per heavy atom. The Morgan fingerprint density at radius 2 is 1.86 bits per heavy atom. The number of benzene rings is 2. The first-order chi connectivity index (χ1) is 13.4. The SMILES string of the molecule is Cc1cc(OCCCCCc2ccccc2)cc2c1C(=O)C(=CO)C(C)(C)O2. The van der Waals surface area contributed by atoms with Gasteiger partial charge in [-0.25, -0.2) is 0 Å². The van der Waals surface area contributed by atoms with Gasteiger partial charge in [-0.05, 0) is 63.6 Å². The number of hydrogen-bond acceptors (Lipinski definition) is 4. The van der Waals surface area contributed by atoms with E-state index in [2.05, 4.69) is 24.3 Å². The summed E-state index contributed by atoms with van der Waals surface area (Å²) in [6, 6.07) is 14.1. The number of aryl methyl sites for hydroxylation is 2. The summed E-state index contributed by atoms with van der Waals surface area (Å²) in [5.41, 5.74) is 2.04. The molecule has 0 saturated carbocycles. The molecule has 0 saturated heterocycles. The van der Waals surface area contributed by atoms with Gasteiger partial charge in [0.2, 0.25) is 0 Å². The largest absolute Gasteiger partial charge is 0.515 e. The number of ketones is 1. The van der Waals surface area contributed by atoms with E-state index in [-0.39, 0.29) is 11.4 Å². The van der Waals surface area contributed by atoms with Crippen LogP contribution in [0.3, 0.4) is 0 Å². The Labute approximate surface area is 166 Å². The van der Waals surface area contributed by atoms with Crippen LogP contribution >= 0.6 is 0 Å². The maximum atomic E-state index is 12.7. The zero-order valence-electron chi connectivity index (χ0n) is 16.8. The number of ether oxygens (including phenoxy) is 2. The van der Waals surface area contributed by atoms with Gasteiger partial charge in [0.05, 0.1) is 24.0 Å². The second-order valence-corrected chi connectivity index (χ2v) is 7.74. The zero-order chi connectivity index (χ0) is 20.1. The van der Waals surface area contributed by atoms with E-state index < -0.39 is 5.60 Å². The fraction of sp³-hybridized carbons (Fsp3) is 0.375. The Kier molecular flexibility index (Phi) is 6.08. The molecule has 1 N–H and O–H groups in total. The van der Waals surface area contributed by atoms with E-state index in [1.165, 1.54) is 5.56 Å². The van der Waals surface area contributed by atoms with E-state index in [1.54, 1.807) is 19.9 Å². The number of hydrogen-bond donors (Lipinski definition) is 1. The highest BCUT2D eigenvalue weighted by atomic mass is 16.5. The number of carbonyl (C=O) groups is 1. The van der Waals surface area contributed by atoms with E-state index in [1.807, 2.05) is 19.1 Å². The van der Waals surface area contributed by atoms with Crippen LogP contribution in [0.15, 0.2) is 54.3 Å². The summed E-state index contributed by atoms with van der Waals surface area (Å²) in [6.07, 6.45) is 5.16. The minimum Gasteiger partial charge on any atom is -0.515 e. The van der Waals surface area contributed by atoms with Crippen molar-refractivity contribution in [2.45, 2.75) is 52.1 Å². The molecule has 0 amide bonds. The van der Waals surface area contributed by atoms with Crippen LogP contribution in [0.2, 0.25) is 0 Å². The number of Topliss-reactive ketones (excluding diaryl/α,β-unsaturated/α-hetero) is 1. The van der Waals surface area contributed by atoms with Crippen LogP contribution < -0.4 is 9.47 Å². The lowest BCUT2D eigenvalue weighted by atomic mass is 9.86. The Hall–Kier alpha value is -2.75. The fourth-order valence-corrected chi connectivity index (χ4v) is 3.57. The van der Waals surface area contributed by atoms with Crippen molar-refractivity contribution < 1.29 is 19.4 Å². The highest BCUT2D eigenvalue weighted by Crippen LogP contribution is 2.40. The van der Waals surface area contributed by atoms with E-state index >= 15 is 0 Å². The van der Waals surface area contributed by atoms with Gasteiger partial charge in [0.1, 0.15) is 17.1 Å². The maximum absolute atomic E-state index is 12.7. The molecule has 0 spiro atoms. The predicted octanol–water partition coefficient (Wildman–Crippen LogP) is 5.58. The summed E-state index contributed by atoms with van der Waals surface area (Å²) in [7, 11) is 0. The molecule has 1 heterocycles. The second-order valence-electron chi connectivity index (χ2n) is 7.74. The molecule has 0 atom stereocenters. The molecule has 4 nitrogen and oxygen atoms in total. The number of carbonyl (C=O) groups excluding carboxylic acids is 1. The number of unbranched alkanes of at least 4 members (excludes halogenated alkanes) is 2. The van der Waals surface area contributed by atoms with Crippen molar-refractivity contribution in [2.75, 3.05) is 6.61 Å². The Morgan fingerprint density at radius 3 is 2.57 bits per heavy atom. The van der Waals surface area contributed by atoms with Crippen LogP contribution in [-0.4, -0.2) is 23.1 Å². The molecule has 4 heteroatoms. The summed E-state index contributed by atoms with van der Waals surface area (Å²) in [4.78, 5) is 12.7. The number of rotatable bonds is 7. The second kappa shape index (κ2) is 8.51. The van der Waals surface area contributed by atoms with Gasteiger partial charge in [0.25, 0.3) is 0 Å². The van der Waals surface area contributed by atoms with E-state index in [0.717, 1.165) is 37.5 Å². The molecule has 0 aromatic heterocycles. The molecule has 0 aliphatic carbocycles. The first-order valence-corrected chi connectivity index (χ1v) is 9.82. The van der Waals surface area contributed by atoms with Crippen molar-refractivity contribution in [1.82, 2.24) is 0 Å². The van der Waals surface area contributed by atoms with Crippen LogP contribution in [0.5, 0.6) is 11.5 Å². The topological polar surface area (TPSA) is 55.8 Å². The smallest absolute Gasteiger partial charge is 0.200 e. The van der Waals surface area contributed by atoms with E-state index in [9.17, 15) is 9.90 Å². The van der Waals surface area contributed by atoms with Crippen LogP contribution in [0.4, 0.5) is 0 Å². The molecule has 3 rings (SSSR count). The molecule has 1 aliphatic rings. The average Bonchev–Trinajstić information content (AvgIpc) is 2.64. The normalized spacial score (nSPS) is 16.5. The summed E-state index contributed by atoms with van der Waals surface area (Å²) >= 11 is 0. The molecule has 148 valence electrons. The average molecular weight is 380 g/mol. The van der Waals surface area contributed by atoms with Crippen LogP contribution in [-0.2, 0) is 6.42 Å². The molecular weight excluding hydrogens is 352 g/mol. The van der Waals surface area contributed by atoms with Crippen molar-refractivity contribution in [2.24, 2.45) is 0 Å². The molecule has 2 aromatic rings. The number of aliphatic hydroxyl groups excluding tert-OH is 1. The van der Waals surface area contributed by atoms with Crippen molar-refractivity contribution >= 4 is 5.78 Å². The van der Waals surface area contributed by atoms with Gasteiger partial charge in [-0.15, -0.1) is 0 Å². The Balaban J connectivity index is 1.56. The van der Waals surface area contributed by atoms with Gasteiger partial charge in [-0.2, -0.15) is 0 Å². The molecule has 0 radical (unpaired) electrons. The molecule has 2 aromatic carbocycles. The summed E-state index contributed by atoms with van der Waals surface area (Å²) in [5.74, 6) is 1.03.